The van der Waals surface area contributed by atoms with Gasteiger partial charge in [-0.2, -0.15) is 13.2 Å². The number of nitrogens with one attached hydrogen (secondary N) is 3. The van der Waals surface area contributed by atoms with Crippen molar-refractivity contribution in [1.82, 2.24) is 16.0 Å². The molecule has 1 amide bonds. The summed E-state index contributed by atoms with van der Waals surface area (Å²) in [5.74, 6) is 0.379. The number of hydrogen-bond donors (Lipinski definition) is 3. The molecule has 9 heteroatoms. The molecule has 0 spiro atoms. The normalized spacial score (nSPS) is 21.5. The van der Waals surface area contributed by atoms with Gasteiger partial charge in [-0.1, -0.05) is 6.42 Å². The minimum absolute atomic E-state index is 0. The van der Waals surface area contributed by atoms with E-state index in [0.29, 0.717) is 18.9 Å². The molecule has 0 aliphatic heterocycles. The predicted molar refractivity (Wildman–Crippen MR) is 104 cm³/mol. The molecule has 1 aliphatic rings. The zero-order valence-corrected chi connectivity index (χ0v) is 17.4. The van der Waals surface area contributed by atoms with E-state index in [0.717, 1.165) is 19.3 Å². The molecule has 0 aromatic carbocycles. The smallest absolute Gasteiger partial charge is 0.357 e. The van der Waals surface area contributed by atoms with Gasteiger partial charge in [0.25, 0.3) is 0 Å². The highest BCUT2D eigenvalue weighted by molar-refractivity contribution is 14.0. The highest BCUT2D eigenvalue weighted by Gasteiger charge is 2.28. The largest absolute Gasteiger partial charge is 0.390 e. The Labute approximate surface area is 165 Å². The van der Waals surface area contributed by atoms with Crippen LogP contribution in [0.15, 0.2) is 4.99 Å². The highest BCUT2D eigenvalue weighted by atomic mass is 127. The van der Waals surface area contributed by atoms with Crippen LogP contribution in [0.25, 0.3) is 0 Å². The fourth-order valence-electron chi connectivity index (χ4n) is 2.77. The third kappa shape index (κ3) is 10.8. The second-order valence-corrected chi connectivity index (χ2v) is 6.49. The molecule has 1 fully saturated rings. The maximum Gasteiger partial charge on any atom is 0.390 e. The average molecular weight is 478 g/mol. The SMILES string of the molecule is CCNC(=NCCC(F)(F)F)NC1CCCC(C(=O)NC(C)C)C1.I. The Balaban J connectivity index is 0.00000576. The molecule has 5 nitrogen and oxygen atoms in total. The summed E-state index contributed by atoms with van der Waals surface area (Å²) in [6.45, 7) is 5.98. The fourth-order valence-corrected chi connectivity index (χ4v) is 2.77. The number of guanidine groups is 1. The molecule has 2 unspecified atom stereocenters. The van der Waals surface area contributed by atoms with Crippen molar-refractivity contribution in [2.24, 2.45) is 10.9 Å². The van der Waals surface area contributed by atoms with E-state index in [2.05, 4.69) is 20.9 Å². The third-order valence-corrected chi connectivity index (χ3v) is 3.83. The van der Waals surface area contributed by atoms with Crippen molar-refractivity contribution in [3.05, 3.63) is 0 Å². The first kappa shape index (κ1) is 24.3. The van der Waals surface area contributed by atoms with E-state index < -0.39 is 12.6 Å². The van der Waals surface area contributed by atoms with Gasteiger partial charge in [0, 0.05) is 24.5 Å². The van der Waals surface area contributed by atoms with Crippen LogP contribution in [0.3, 0.4) is 0 Å². The second kappa shape index (κ2) is 11.8. The van der Waals surface area contributed by atoms with E-state index in [4.69, 9.17) is 0 Å². The van der Waals surface area contributed by atoms with Crippen LogP contribution >= 0.6 is 24.0 Å². The minimum atomic E-state index is -4.20. The van der Waals surface area contributed by atoms with Gasteiger partial charge >= 0.3 is 6.18 Å². The molecule has 1 rings (SSSR count). The molecular weight excluding hydrogens is 448 g/mol. The van der Waals surface area contributed by atoms with Crippen LogP contribution in [-0.4, -0.2) is 43.2 Å². The van der Waals surface area contributed by atoms with E-state index in [1.165, 1.54) is 0 Å². The summed E-state index contributed by atoms with van der Waals surface area (Å²) >= 11 is 0. The van der Waals surface area contributed by atoms with Crippen molar-refractivity contribution in [2.45, 2.75) is 71.1 Å². The standard InChI is InChI=1S/C16H29F3N4O.HI/c1-4-20-15(21-9-8-16(17,18)19)23-13-7-5-6-12(10-13)14(24)22-11(2)3;/h11-13H,4-10H2,1-3H3,(H,22,24)(H2,20,21,23);1H. The number of carbonyl (C=O) groups excluding carboxylic acids is 1. The van der Waals surface area contributed by atoms with E-state index in [1.54, 1.807) is 0 Å². The molecule has 0 aromatic rings. The molecule has 2 atom stereocenters. The van der Waals surface area contributed by atoms with Crippen molar-refractivity contribution in [1.29, 1.82) is 0 Å². The summed E-state index contributed by atoms with van der Waals surface area (Å²) in [7, 11) is 0. The Morgan fingerprint density at radius 3 is 2.52 bits per heavy atom. The first-order valence-corrected chi connectivity index (χ1v) is 8.63. The van der Waals surface area contributed by atoms with Gasteiger partial charge in [-0.05, 0) is 40.0 Å². The number of rotatable bonds is 6. The first-order chi connectivity index (χ1) is 11.2. The summed E-state index contributed by atoms with van der Waals surface area (Å²) in [5, 5.41) is 9.06. The minimum Gasteiger partial charge on any atom is -0.357 e. The lowest BCUT2D eigenvalue weighted by molar-refractivity contribution is -0.132. The number of aliphatic imine (C=N–C) groups is 1. The van der Waals surface area contributed by atoms with E-state index in [1.807, 2.05) is 20.8 Å². The Morgan fingerprint density at radius 2 is 1.96 bits per heavy atom. The van der Waals surface area contributed by atoms with Crippen LogP contribution in [0.4, 0.5) is 13.2 Å². The monoisotopic (exact) mass is 478 g/mol. The van der Waals surface area contributed by atoms with Crippen LogP contribution in [0, 0.1) is 5.92 Å². The Kier molecular flexibility index (Phi) is 11.4. The van der Waals surface area contributed by atoms with Gasteiger partial charge in [0.2, 0.25) is 5.91 Å². The Morgan fingerprint density at radius 1 is 1.28 bits per heavy atom. The van der Waals surface area contributed by atoms with Gasteiger partial charge in [0.1, 0.15) is 0 Å². The summed E-state index contributed by atoms with van der Waals surface area (Å²) in [6.07, 6.45) is -1.83. The molecule has 0 saturated heterocycles. The van der Waals surface area contributed by atoms with Gasteiger partial charge in [0.05, 0.1) is 13.0 Å². The summed E-state index contributed by atoms with van der Waals surface area (Å²) < 4.78 is 36.7. The van der Waals surface area contributed by atoms with Crippen LogP contribution in [0.5, 0.6) is 0 Å². The van der Waals surface area contributed by atoms with E-state index >= 15 is 0 Å². The molecule has 0 aromatic heterocycles. The number of nitrogens with zero attached hydrogens (tertiary/aromatic N) is 1. The van der Waals surface area contributed by atoms with Gasteiger partial charge in [-0.25, -0.2) is 0 Å². The highest BCUT2D eigenvalue weighted by Crippen LogP contribution is 2.24. The quantitative estimate of drug-likeness (QED) is 0.312. The van der Waals surface area contributed by atoms with Gasteiger partial charge in [-0.3, -0.25) is 9.79 Å². The molecule has 3 N–H and O–H groups in total. The van der Waals surface area contributed by atoms with Crippen molar-refractivity contribution >= 4 is 35.8 Å². The fraction of sp³-hybridized carbons (Fsp3) is 0.875. The third-order valence-electron chi connectivity index (χ3n) is 3.83. The van der Waals surface area contributed by atoms with Crippen molar-refractivity contribution in [3.8, 4) is 0 Å². The van der Waals surface area contributed by atoms with Gasteiger partial charge in [0.15, 0.2) is 5.96 Å². The molecule has 25 heavy (non-hydrogen) atoms. The Bertz CT molecular complexity index is 430. The molecule has 1 aliphatic carbocycles. The number of amides is 1. The van der Waals surface area contributed by atoms with Crippen molar-refractivity contribution < 1.29 is 18.0 Å². The molecule has 0 heterocycles. The molecular formula is C16H30F3IN4O. The molecule has 148 valence electrons. The zero-order chi connectivity index (χ0) is 18.2. The van der Waals surface area contributed by atoms with Gasteiger partial charge in [-0.15, -0.1) is 24.0 Å². The summed E-state index contributed by atoms with van der Waals surface area (Å²) in [4.78, 5) is 16.1. The lowest BCUT2D eigenvalue weighted by Crippen LogP contribution is -2.47. The number of halogens is 4. The van der Waals surface area contributed by atoms with Crippen LogP contribution < -0.4 is 16.0 Å². The summed E-state index contributed by atoms with van der Waals surface area (Å²) in [5.41, 5.74) is 0. The average Bonchev–Trinajstić information content (AvgIpc) is 2.45. The van der Waals surface area contributed by atoms with Crippen LogP contribution in [-0.2, 0) is 4.79 Å². The first-order valence-electron chi connectivity index (χ1n) is 8.63. The lowest BCUT2D eigenvalue weighted by atomic mass is 9.85. The molecule has 0 bridgehead atoms. The zero-order valence-electron chi connectivity index (χ0n) is 15.1. The predicted octanol–water partition coefficient (Wildman–Crippen LogP) is 3.20. The molecule has 1 saturated carbocycles. The molecule has 0 radical (unpaired) electrons. The van der Waals surface area contributed by atoms with Crippen LogP contribution in [0.2, 0.25) is 0 Å². The topological polar surface area (TPSA) is 65.5 Å². The Hall–Kier alpha value is -0.740. The maximum absolute atomic E-state index is 12.2. The van der Waals surface area contributed by atoms with Gasteiger partial charge < -0.3 is 16.0 Å². The van der Waals surface area contributed by atoms with E-state index in [9.17, 15) is 18.0 Å². The second-order valence-electron chi connectivity index (χ2n) is 6.49. The maximum atomic E-state index is 12.2. The summed E-state index contributed by atoms with van der Waals surface area (Å²) in [6, 6.07) is 0.150. The number of alkyl halides is 3. The van der Waals surface area contributed by atoms with Crippen molar-refractivity contribution in [2.75, 3.05) is 13.1 Å². The van der Waals surface area contributed by atoms with E-state index in [-0.39, 0.29) is 54.4 Å². The van der Waals surface area contributed by atoms with Crippen molar-refractivity contribution in [3.63, 3.8) is 0 Å². The number of carbonyl (C=O) groups is 1. The lowest BCUT2D eigenvalue weighted by Gasteiger charge is -2.30. The van der Waals surface area contributed by atoms with Crippen LogP contribution in [0.1, 0.15) is 52.9 Å². The number of hydrogen-bond acceptors (Lipinski definition) is 2.